The number of halogens is 1. The third-order valence-electron chi connectivity index (χ3n) is 5.70. The van der Waals surface area contributed by atoms with Gasteiger partial charge < -0.3 is 0 Å². The van der Waals surface area contributed by atoms with Crippen molar-refractivity contribution in [2.45, 2.75) is 0 Å². The van der Waals surface area contributed by atoms with Gasteiger partial charge in [0.15, 0.2) is 0 Å². The van der Waals surface area contributed by atoms with Crippen LogP contribution in [0.1, 0.15) is 0 Å². The van der Waals surface area contributed by atoms with Crippen LogP contribution >= 0.6 is 0 Å². The smallest absolute Gasteiger partial charge is 0.123 e. The minimum absolute atomic E-state index is 0.194. The second kappa shape index (κ2) is 5.28. The molecule has 27 heavy (non-hydrogen) atoms. The summed E-state index contributed by atoms with van der Waals surface area (Å²) in [6.45, 7) is 0. The van der Waals surface area contributed by atoms with Crippen LogP contribution in [0.4, 0.5) is 4.39 Å². The molecule has 0 aliphatic heterocycles. The lowest BCUT2D eigenvalue weighted by atomic mass is 9.92. The molecule has 6 rings (SSSR count). The molecule has 1 heteroatoms. The zero-order chi connectivity index (χ0) is 18.0. The lowest BCUT2D eigenvalue weighted by Crippen LogP contribution is -1.84. The second-order valence-electron chi connectivity index (χ2n) is 7.13. The van der Waals surface area contributed by atoms with E-state index in [4.69, 9.17) is 0 Å². The molecule has 0 saturated carbocycles. The Labute approximate surface area is 155 Å². The van der Waals surface area contributed by atoms with E-state index in [0.29, 0.717) is 0 Å². The zero-order valence-corrected chi connectivity index (χ0v) is 14.5. The second-order valence-corrected chi connectivity index (χ2v) is 7.13. The van der Waals surface area contributed by atoms with E-state index in [1.807, 2.05) is 12.1 Å². The summed E-state index contributed by atoms with van der Waals surface area (Å²) in [6.07, 6.45) is 0. The van der Waals surface area contributed by atoms with E-state index >= 15 is 0 Å². The molecular weight excluding hydrogens is 331 g/mol. The molecule has 0 aliphatic rings. The van der Waals surface area contributed by atoms with Crippen molar-refractivity contribution in [3.63, 3.8) is 0 Å². The molecular formula is C26H15F. The van der Waals surface area contributed by atoms with E-state index < -0.39 is 0 Å². The summed E-state index contributed by atoms with van der Waals surface area (Å²) in [5.74, 6) is -0.194. The molecule has 0 atom stereocenters. The van der Waals surface area contributed by atoms with Crippen LogP contribution in [0.15, 0.2) is 91.0 Å². The Kier molecular flexibility index (Phi) is 2.87. The molecule has 0 N–H and O–H groups in total. The van der Waals surface area contributed by atoms with E-state index in [1.54, 1.807) is 12.1 Å². The molecule has 0 spiro atoms. The van der Waals surface area contributed by atoms with Gasteiger partial charge in [-0.3, -0.25) is 0 Å². The van der Waals surface area contributed by atoms with Gasteiger partial charge in [-0.25, -0.2) is 4.39 Å². The van der Waals surface area contributed by atoms with Gasteiger partial charge in [-0.15, -0.1) is 0 Å². The van der Waals surface area contributed by atoms with Gasteiger partial charge in [0.25, 0.3) is 0 Å². The Bertz CT molecular complexity index is 1530. The van der Waals surface area contributed by atoms with E-state index in [9.17, 15) is 4.39 Å². The lowest BCUT2D eigenvalue weighted by Gasteiger charge is -2.11. The minimum atomic E-state index is -0.194. The van der Waals surface area contributed by atoms with Crippen LogP contribution in [0.5, 0.6) is 0 Å². The fraction of sp³-hybridized carbons (Fsp3) is 0. The highest BCUT2D eigenvalue weighted by molar-refractivity contribution is 6.24. The number of benzene rings is 6. The number of hydrogen-bond acceptors (Lipinski definition) is 0. The average Bonchev–Trinajstić information content (AvgIpc) is 2.72. The summed E-state index contributed by atoms with van der Waals surface area (Å²) < 4.78 is 13.6. The number of hydrogen-bond donors (Lipinski definition) is 0. The highest BCUT2D eigenvalue weighted by Gasteiger charge is 2.09. The van der Waals surface area contributed by atoms with Crippen molar-refractivity contribution in [2.24, 2.45) is 0 Å². The van der Waals surface area contributed by atoms with Gasteiger partial charge in [-0.2, -0.15) is 0 Å². The normalized spacial score (nSPS) is 11.9. The van der Waals surface area contributed by atoms with E-state index in [1.165, 1.54) is 43.1 Å². The molecule has 0 nitrogen and oxygen atoms in total. The predicted octanol–water partition coefficient (Wildman–Crippen LogP) is 7.59. The van der Waals surface area contributed by atoms with Crippen LogP contribution in [-0.2, 0) is 0 Å². The van der Waals surface area contributed by atoms with Gasteiger partial charge in [-0.1, -0.05) is 78.9 Å². The van der Waals surface area contributed by atoms with Crippen LogP contribution in [-0.4, -0.2) is 0 Å². The van der Waals surface area contributed by atoms with Gasteiger partial charge in [-0.05, 0) is 66.0 Å². The van der Waals surface area contributed by atoms with Gasteiger partial charge >= 0.3 is 0 Å². The van der Waals surface area contributed by atoms with E-state index in [-0.39, 0.29) is 5.82 Å². The van der Waals surface area contributed by atoms with Crippen molar-refractivity contribution in [3.05, 3.63) is 96.8 Å². The molecule has 0 fully saturated rings. The number of rotatable bonds is 0. The van der Waals surface area contributed by atoms with Crippen molar-refractivity contribution < 1.29 is 4.39 Å². The summed E-state index contributed by atoms with van der Waals surface area (Å²) in [5.41, 5.74) is 0. The van der Waals surface area contributed by atoms with Crippen molar-refractivity contribution in [1.82, 2.24) is 0 Å². The Morgan fingerprint density at radius 3 is 1.48 bits per heavy atom. The molecule has 0 radical (unpaired) electrons. The van der Waals surface area contributed by atoms with E-state index in [2.05, 4.69) is 66.7 Å². The van der Waals surface area contributed by atoms with Gasteiger partial charge in [0.2, 0.25) is 0 Å². The van der Waals surface area contributed by atoms with Crippen LogP contribution in [0.25, 0.3) is 53.9 Å². The highest BCUT2D eigenvalue weighted by atomic mass is 19.1. The quantitative estimate of drug-likeness (QED) is 0.248. The fourth-order valence-corrected chi connectivity index (χ4v) is 4.43. The lowest BCUT2D eigenvalue weighted by molar-refractivity contribution is 0.630. The molecule has 6 aromatic rings. The van der Waals surface area contributed by atoms with Crippen LogP contribution in [0.3, 0.4) is 0 Å². The first kappa shape index (κ1) is 14.7. The maximum atomic E-state index is 13.6. The first-order chi connectivity index (χ1) is 13.3. The van der Waals surface area contributed by atoms with Crippen LogP contribution in [0.2, 0.25) is 0 Å². The Morgan fingerprint density at radius 2 is 0.815 bits per heavy atom. The van der Waals surface area contributed by atoms with Crippen molar-refractivity contribution in [3.8, 4) is 0 Å². The SMILES string of the molecule is Fc1ccc2c(ccc3c2ccc2c4ccc5ccccc5c4ccc32)c1. The maximum absolute atomic E-state index is 13.6. The van der Waals surface area contributed by atoms with Crippen molar-refractivity contribution in [1.29, 1.82) is 0 Å². The maximum Gasteiger partial charge on any atom is 0.123 e. The van der Waals surface area contributed by atoms with Crippen LogP contribution < -0.4 is 0 Å². The van der Waals surface area contributed by atoms with Gasteiger partial charge in [0, 0.05) is 0 Å². The van der Waals surface area contributed by atoms with Crippen LogP contribution in [0, 0.1) is 5.82 Å². The number of fused-ring (bicyclic) bond motifs is 9. The highest BCUT2D eigenvalue weighted by Crippen LogP contribution is 2.36. The summed E-state index contributed by atoms with van der Waals surface area (Å²) in [5, 5.41) is 12.0. The molecule has 0 aliphatic carbocycles. The predicted molar refractivity (Wildman–Crippen MR) is 114 cm³/mol. The average molecular weight is 346 g/mol. The molecule has 0 bridgehead atoms. The third kappa shape index (κ3) is 2.03. The summed E-state index contributed by atoms with van der Waals surface area (Å²) >= 11 is 0. The van der Waals surface area contributed by atoms with E-state index in [0.717, 1.165) is 10.8 Å². The fourth-order valence-electron chi connectivity index (χ4n) is 4.43. The summed E-state index contributed by atoms with van der Waals surface area (Å²) in [4.78, 5) is 0. The molecule has 0 amide bonds. The molecule has 0 aromatic heterocycles. The van der Waals surface area contributed by atoms with Gasteiger partial charge in [0.05, 0.1) is 0 Å². The zero-order valence-electron chi connectivity index (χ0n) is 14.5. The van der Waals surface area contributed by atoms with Crippen molar-refractivity contribution in [2.75, 3.05) is 0 Å². The van der Waals surface area contributed by atoms with Crippen molar-refractivity contribution >= 4 is 53.9 Å². The first-order valence-corrected chi connectivity index (χ1v) is 9.15. The molecule has 0 saturated heterocycles. The van der Waals surface area contributed by atoms with Gasteiger partial charge in [0.1, 0.15) is 5.82 Å². The Balaban J connectivity index is 1.79. The largest absolute Gasteiger partial charge is 0.207 e. The molecule has 0 heterocycles. The monoisotopic (exact) mass is 346 g/mol. The molecule has 126 valence electrons. The Hall–Kier alpha value is -3.45. The standard InChI is InChI=1S/C26H15F/c27-18-7-10-20-17(15-18)6-9-24-22(20)12-14-25-23-8-5-16-3-1-2-4-19(16)21(23)11-13-26(24)25/h1-15H. The molecule has 0 unspecified atom stereocenters. The minimum Gasteiger partial charge on any atom is -0.207 e. The third-order valence-corrected chi connectivity index (χ3v) is 5.70. The Morgan fingerprint density at radius 1 is 0.370 bits per heavy atom. The summed E-state index contributed by atoms with van der Waals surface area (Å²) in [7, 11) is 0. The first-order valence-electron chi connectivity index (χ1n) is 9.15. The summed E-state index contributed by atoms with van der Waals surface area (Å²) in [6, 6.07) is 30.9. The molecule has 6 aromatic carbocycles. The topological polar surface area (TPSA) is 0 Å².